The summed E-state index contributed by atoms with van der Waals surface area (Å²) < 4.78 is 60.3. The van der Waals surface area contributed by atoms with E-state index in [4.69, 9.17) is 19.6 Å². The predicted molar refractivity (Wildman–Crippen MR) is 296 cm³/mol. The summed E-state index contributed by atoms with van der Waals surface area (Å²) >= 11 is 0. The molecule has 9 rings (SSSR count). The molecule has 2 N–H and O–H groups in total. The number of benzene rings is 7. The number of carbonyl (C=O) groups is 1. The maximum Gasteiger partial charge on any atom is 0.351 e. The molecule has 0 radical (unpaired) electrons. The molecule has 0 unspecified atom stereocenters. The highest BCUT2D eigenvalue weighted by atomic mass is 17.1. The van der Waals surface area contributed by atoms with E-state index < -0.39 is 31.0 Å². The molecule has 0 saturated carbocycles. The average molecular weight is 959 g/mol. The lowest BCUT2D eigenvalue weighted by atomic mass is 9.84. The van der Waals surface area contributed by atoms with Crippen molar-refractivity contribution in [3.63, 3.8) is 0 Å². The number of phenolic OH excluding ortho intramolecular Hbond substituents is 1. The van der Waals surface area contributed by atoms with Gasteiger partial charge in [0.25, 0.3) is 0 Å². The lowest BCUT2D eigenvalue weighted by molar-refractivity contribution is -0.239. The van der Waals surface area contributed by atoms with Crippen molar-refractivity contribution < 1.29 is 29.6 Å². The van der Waals surface area contributed by atoms with Crippen molar-refractivity contribution in [3.05, 3.63) is 192 Å². The Morgan fingerprint density at radius 3 is 1.92 bits per heavy atom. The van der Waals surface area contributed by atoms with Crippen LogP contribution >= 0.6 is 0 Å². The normalized spacial score (nSPS) is 14.0. The van der Waals surface area contributed by atoms with E-state index in [9.17, 15) is 15.2 Å². The van der Waals surface area contributed by atoms with Crippen molar-refractivity contribution in [2.75, 3.05) is 0 Å². The van der Waals surface area contributed by atoms with Crippen LogP contribution in [0, 0.1) is 0 Å². The first-order chi connectivity index (χ1) is 37.1. The van der Waals surface area contributed by atoms with Gasteiger partial charge in [-0.2, -0.15) is 5.26 Å². The minimum absolute atomic E-state index is 0.00638. The number of pyridine rings is 1. The van der Waals surface area contributed by atoms with E-state index in [0.29, 0.717) is 33.7 Å². The Bertz CT molecular complexity index is 3720. The molecule has 2 aromatic heterocycles. The van der Waals surface area contributed by atoms with Gasteiger partial charge in [-0.1, -0.05) is 165 Å². The Balaban J connectivity index is 1.28. The highest BCUT2D eigenvalue weighted by Gasteiger charge is 2.32. The lowest BCUT2D eigenvalue weighted by Gasteiger charge is -2.21. The van der Waals surface area contributed by atoms with Crippen LogP contribution < -0.4 is 0 Å². The van der Waals surface area contributed by atoms with Crippen molar-refractivity contribution in [1.82, 2.24) is 14.5 Å². The van der Waals surface area contributed by atoms with Gasteiger partial charge in [0, 0.05) is 32.5 Å². The van der Waals surface area contributed by atoms with E-state index in [1.54, 1.807) is 12.3 Å². The minimum Gasteiger partial charge on any atom is -0.507 e. The molecule has 0 aliphatic carbocycles. The number of nitrogens with zero attached hydrogens (tertiary/aromatic N) is 3. The molecule has 0 aliphatic heterocycles. The summed E-state index contributed by atoms with van der Waals surface area (Å²) in [5, 5.41) is 21.8. The lowest BCUT2D eigenvalue weighted by Crippen LogP contribution is -2.30. The van der Waals surface area contributed by atoms with Gasteiger partial charge in [-0.05, 0) is 153 Å². The van der Waals surface area contributed by atoms with Gasteiger partial charge >= 0.3 is 5.97 Å². The first-order valence-corrected chi connectivity index (χ1v) is 24.4. The molecule has 7 heteroatoms. The summed E-state index contributed by atoms with van der Waals surface area (Å²) in [6, 6.07) is 50.6. The minimum atomic E-state index is -3.42. The Morgan fingerprint density at radius 1 is 0.611 bits per heavy atom. The van der Waals surface area contributed by atoms with Crippen LogP contribution in [-0.2, 0) is 20.5 Å². The number of fused-ring (bicyclic) bond motifs is 1. The van der Waals surface area contributed by atoms with Crippen molar-refractivity contribution in [2.45, 2.75) is 105 Å². The molecule has 7 nitrogen and oxygen atoms in total. The molecule has 0 saturated heterocycles. The van der Waals surface area contributed by atoms with Crippen LogP contribution in [0.15, 0.2) is 164 Å². The van der Waals surface area contributed by atoms with E-state index in [1.165, 1.54) is 29.8 Å². The second-order valence-corrected chi connectivity index (χ2v) is 20.6. The van der Waals surface area contributed by atoms with E-state index in [-0.39, 0.29) is 28.6 Å². The van der Waals surface area contributed by atoms with Crippen LogP contribution in [0.5, 0.6) is 5.75 Å². The fourth-order valence-electron chi connectivity index (χ4n) is 9.40. The third-order valence-electron chi connectivity index (χ3n) is 13.7. The SMILES string of the molecule is [2H]C(C)(C)c1ccc(-n2c(-c3cc(C(C)C)cc(C(C)C)c3O)nc3c(-c4cc(-c5ccccc5)cc(-c5cc(-c6ccc(C(C(=O)OO)(C([2H])([2H])[2H])C([2H])([2H])[2H])cc6)ccn5)c4)cccc32)c(-c2ccc(C(C)(C)C)cc2)c1. The second-order valence-electron chi connectivity index (χ2n) is 20.6. The zero-order chi connectivity index (χ0) is 57.1. The van der Waals surface area contributed by atoms with Crippen LogP contribution in [0.1, 0.15) is 131 Å². The zero-order valence-corrected chi connectivity index (χ0v) is 42.3. The first kappa shape index (κ1) is 41.1. The monoisotopic (exact) mass is 959 g/mol. The number of phenols is 1. The Hall–Kier alpha value is -7.61. The average Bonchev–Trinajstić information content (AvgIpc) is 4.04. The van der Waals surface area contributed by atoms with Crippen molar-refractivity contribution in [2.24, 2.45) is 0 Å². The third kappa shape index (κ3) is 9.49. The number of hydrogen-bond acceptors (Lipinski definition) is 6. The second kappa shape index (κ2) is 19.5. The fraction of sp³-hybridized carbons (Fsp3) is 0.246. The number of rotatable bonds is 12. The number of carbonyl (C=O) groups excluding carboxylic acids is 1. The van der Waals surface area contributed by atoms with Gasteiger partial charge in [-0.3, -0.25) is 9.55 Å². The van der Waals surface area contributed by atoms with Gasteiger partial charge < -0.3 is 9.99 Å². The van der Waals surface area contributed by atoms with Crippen LogP contribution in [0.3, 0.4) is 0 Å². The maximum absolute atomic E-state index is 13.0. The molecule has 72 heavy (non-hydrogen) atoms. The molecule has 0 bridgehead atoms. The summed E-state index contributed by atoms with van der Waals surface area (Å²) in [5.41, 5.74) is 11.2. The summed E-state index contributed by atoms with van der Waals surface area (Å²) in [6.07, 6.45) is 1.66. The fourth-order valence-corrected chi connectivity index (χ4v) is 9.40. The van der Waals surface area contributed by atoms with Crippen molar-refractivity contribution in [3.8, 4) is 78.6 Å². The van der Waals surface area contributed by atoms with Crippen LogP contribution in [-0.4, -0.2) is 30.9 Å². The quantitative estimate of drug-likeness (QED) is 0.0935. The summed E-state index contributed by atoms with van der Waals surface area (Å²) in [6.45, 7) is 12.0. The topological polar surface area (TPSA) is 97.5 Å². The van der Waals surface area contributed by atoms with Gasteiger partial charge in [0.05, 0.1) is 33.4 Å². The molecule has 0 amide bonds. The van der Waals surface area contributed by atoms with Gasteiger partial charge in [-0.15, -0.1) is 0 Å². The third-order valence-corrected chi connectivity index (χ3v) is 13.7. The molecule has 364 valence electrons. The molecule has 7 aromatic carbocycles. The van der Waals surface area contributed by atoms with Gasteiger partial charge in [0.15, 0.2) is 0 Å². The highest BCUT2D eigenvalue weighted by molar-refractivity contribution is 5.98. The number of para-hydroxylation sites is 1. The van der Waals surface area contributed by atoms with Crippen molar-refractivity contribution >= 4 is 17.0 Å². The molecule has 0 fully saturated rings. The number of imidazole rings is 1. The predicted octanol–water partition coefficient (Wildman–Crippen LogP) is 17.1. The smallest absolute Gasteiger partial charge is 0.351 e. The van der Waals surface area contributed by atoms with Crippen molar-refractivity contribution in [1.29, 1.82) is 0 Å². The highest BCUT2D eigenvalue weighted by Crippen LogP contribution is 2.45. The van der Waals surface area contributed by atoms with E-state index in [1.807, 2.05) is 62.4 Å². The summed E-state index contributed by atoms with van der Waals surface area (Å²) in [5.74, 6) is -1.85. The zero-order valence-electron chi connectivity index (χ0n) is 49.3. The molecule has 2 heterocycles. The molecule has 0 spiro atoms. The van der Waals surface area contributed by atoms with Crippen LogP contribution in [0.4, 0.5) is 0 Å². The molecular formula is C65H65N3O4. The van der Waals surface area contributed by atoms with Crippen LogP contribution in [0.2, 0.25) is 0 Å². The number of aromatic nitrogens is 3. The molecule has 9 aromatic rings. The Labute approximate surface area is 434 Å². The van der Waals surface area contributed by atoms with E-state index in [0.717, 1.165) is 66.8 Å². The van der Waals surface area contributed by atoms with Gasteiger partial charge in [0.1, 0.15) is 11.6 Å². The van der Waals surface area contributed by atoms with Gasteiger partial charge in [0.2, 0.25) is 0 Å². The molecular weight excluding hydrogens is 887 g/mol. The maximum atomic E-state index is 13.0. The number of hydrogen-bond donors (Lipinski definition) is 2. The standard InChI is InChI=1S/C65H65N3O4/c1-39(2)45-24-29-58(55(35-45)44-22-25-51(26-23-44)64(7,8)9)68-59-19-15-18-53(60(59)67-62(68)56-37-47(40(3)4)36-54(41(5)6)61(56)69)49-32-48(42-16-13-12-14-17-42)33-50(34-49)57-38-46(30-31-66-57)43-20-27-52(28-21-43)65(10,11)63(70)72-71/h12-41,69,71H,1-11H3/i10D3,11D3,39D. The molecule has 0 atom stereocenters. The Morgan fingerprint density at radius 2 is 1.26 bits per heavy atom. The molecule has 0 aliphatic rings. The largest absolute Gasteiger partial charge is 0.507 e. The summed E-state index contributed by atoms with van der Waals surface area (Å²) in [7, 11) is 0. The van der Waals surface area contributed by atoms with Gasteiger partial charge in [-0.25, -0.2) is 9.78 Å². The van der Waals surface area contributed by atoms with E-state index >= 15 is 0 Å². The Kier molecular flexibility index (Phi) is 11.1. The van der Waals surface area contributed by atoms with Crippen LogP contribution in [0.25, 0.3) is 83.9 Å². The first-order valence-electron chi connectivity index (χ1n) is 27.9. The number of aromatic hydroxyl groups is 1. The summed E-state index contributed by atoms with van der Waals surface area (Å²) in [4.78, 5) is 27.3. The van der Waals surface area contributed by atoms with E-state index in [2.05, 4.69) is 137 Å².